The number of aromatic carboxylic acids is 1. The molecule has 1 aromatic heterocycles. The van der Waals surface area contributed by atoms with E-state index in [1.165, 1.54) is 12.3 Å². The van der Waals surface area contributed by atoms with Crippen molar-refractivity contribution in [3.8, 4) is 11.8 Å². The SMILES string of the molecule is N#Cc1c(Cl)cccc1OCc1occc1C(=O)O. The van der Waals surface area contributed by atoms with Crippen molar-refractivity contribution in [1.29, 1.82) is 5.26 Å². The van der Waals surface area contributed by atoms with Crippen LogP contribution in [0.25, 0.3) is 0 Å². The molecule has 19 heavy (non-hydrogen) atoms. The van der Waals surface area contributed by atoms with Gasteiger partial charge >= 0.3 is 5.97 Å². The van der Waals surface area contributed by atoms with Crippen LogP contribution in [0.4, 0.5) is 0 Å². The zero-order valence-electron chi connectivity index (χ0n) is 9.59. The average Bonchev–Trinajstić information content (AvgIpc) is 2.84. The van der Waals surface area contributed by atoms with E-state index in [1.54, 1.807) is 18.2 Å². The maximum atomic E-state index is 10.9. The summed E-state index contributed by atoms with van der Waals surface area (Å²) in [5, 5.41) is 18.2. The molecule has 0 aliphatic carbocycles. The smallest absolute Gasteiger partial charge is 0.339 e. The minimum atomic E-state index is -1.10. The molecule has 6 heteroatoms. The summed E-state index contributed by atoms with van der Waals surface area (Å²) in [6.07, 6.45) is 1.27. The highest BCUT2D eigenvalue weighted by Crippen LogP contribution is 2.26. The van der Waals surface area contributed by atoms with Crippen LogP contribution in [0.1, 0.15) is 21.7 Å². The normalized spacial score (nSPS) is 9.89. The van der Waals surface area contributed by atoms with Gasteiger partial charge in [0.15, 0.2) is 5.76 Å². The number of hydrogen-bond acceptors (Lipinski definition) is 4. The average molecular weight is 278 g/mol. The molecule has 0 unspecified atom stereocenters. The number of nitriles is 1. The summed E-state index contributed by atoms with van der Waals surface area (Å²) in [6, 6.07) is 8.05. The Morgan fingerprint density at radius 3 is 2.95 bits per heavy atom. The lowest BCUT2D eigenvalue weighted by Gasteiger charge is -2.07. The third-order valence-corrected chi connectivity index (χ3v) is 2.74. The number of carbonyl (C=O) groups is 1. The van der Waals surface area contributed by atoms with E-state index in [0.717, 1.165) is 0 Å². The van der Waals surface area contributed by atoms with Gasteiger partial charge in [0.1, 0.15) is 29.6 Å². The van der Waals surface area contributed by atoms with Crippen molar-refractivity contribution in [2.75, 3.05) is 0 Å². The van der Waals surface area contributed by atoms with Crippen LogP contribution < -0.4 is 4.74 Å². The van der Waals surface area contributed by atoms with Crippen LogP contribution in [0, 0.1) is 11.3 Å². The van der Waals surface area contributed by atoms with Gasteiger partial charge in [0.2, 0.25) is 0 Å². The Balaban J connectivity index is 2.20. The van der Waals surface area contributed by atoms with Gasteiger partial charge in [0, 0.05) is 0 Å². The first kappa shape index (κ1) is 13.0. The first-order valence-corrected chi connectivity index (χ1v) is 5.62. The number of hydrogen-bond donors (Lipinski definition) is 1. The van der Waals surface area contributed by atoms with Gasteiger partial charge in [-0.25, -0.2) is 4.79 Å². The predicted octanol–water partition coefficient (Wildman–Crippen LogP) is 3.08. The molecule has 5 nitrogen and oxygen atoms in total. The Morgan fingerprint density at radius 2 is 2.26 bits per heavy atom. The number of nitrogens with zero attached hydrogens (tertiary/aromatic N) is 1. The fourth-order valence-electron chi connectivity index (χ4n) is 1.52. The Morgan fingerprint density at radius 1 is 1.47 bits per heavy atom. The number of rotatable bonds is 4. The molecule has 0 saturated carbocycles. The maximum absolute atomic E-state index is 10.9. The van der Waals surface area contributed by atoms with Crippen LogP contribution in [0.3, 0.4) is 0 Å². The number of carboxylic acids is 1. The molecule has 1 N–H and O–H groups in total. The molecule has 2 rings (SSSR count). The molecule has 0 saturated heterocycles. The predicted molar refractivity (Wildman–Crippen MR) is 66.2 cm³/mol. The molecule has 0 aliphatic heterocycles. The van der Waals surface area contributed by atoms with Gasteiger partial charge < -0.3 is 14.3 Å². The summed E-state index contributed by atoms with van der Waals surface area (Å²) in [7, 11) is 0. The van der Waals surface area contributed by atoms with Crippen molar-refractivity contribution in [3.05, 3.63) is 52.4 Å². The minimum absolute atomic E-state index is 0.0283. The van der Waals surface area contributed by atoms with Crippen molar-refractivity contribution in [1.82, 2.24) is 0 Å². The first-order chi connectivity index (χ1) is 9.13. The van der Waals surface area contributed by atoms with Gasteiger partial charge in [-0.2, -0.15) is 5.26 Å². The van der Waals surface area contributed by atoms with E-state index < -0.39 is 5.97 Å². The van der Waals surface area contributed by atoms with Crippen molar-refractivity contribution in [3.63, 3.8) is 0 Å². The fraction of sp³-hybridized carbons (Fsp3) is 0.0769. The van der Waals surface area contributed by atoms with Crippen LogP contribution in [-0.4, -0.2) is 11.1 Å². The van der Waals surface area contributed by atoms with Gasteiger partial charge in [-0.15, -0.1) is 0 Å². The summed E-state index contributed by atoms with van der Waals surface area (Å²) in [4.78, 5) is 10.9. The van der Waals surface area contributed by atoms with E-state index in [1.807, 2.05) is 6.07 Å². The highest BCUT2D eigenvalue weighted by atomic mass is 35.5. The summed E-state index contributed by atoms with van der Waals surface area (Å²) in [6.45, 7) is -0.0936. The van der Waals surface area contributed by atoms with Gasteiger partial charge in [-0.3, -0.25) is 0 Å². The molecule has 0 fully saturated rings. The second-order valence-electron chi connectivity index (χ2n) is 3.58. The first-order valence-electron chi connectivity index (χ1n) is 5.24. The van der Waals surface area contributed by atoms with Crippen molar-refractivity contribution < 1.29 is 19.1 Å². The number of furan rings is 1. The standard InChI is InChI=1S/C13H8ClNO4/c14-10-2-1-3-11(9(10)6-15)19-7-12-8(13(16)17)4-5-18-12/h1-5H,7H2,(H,16,17). The molecule has 1 aromatic carbocycles. The van der Waals surface area contributed by atoms with Crippen LogP contribution in [0.5, 0.6) is 5.75 Å². The van der Waals surface area contributed by atoms with E-state index in [0.29, 0.717) is 0 Å². The summed E-state index contributed by atoms with van der Waals surface area (Å²) >= 11 is 5.85. The van der Waals surface area contributed by atoms with Crippen LogP contribution >= 0.6 is 11.6 Å². The monoisotopic (exact) mass is 277 g/mol. The Hall–Kier alpha value is -2.45. The third kappa shape index (κ3) is 2.69. The summed E-state index contributed by atoms with van der Waals surface area (Å²) in [5.41, 5.74) is 0.230. The number of halogens is 1. The Labute approximate surface area is 113 Å². The summed E-state index contributed by atoms with van der Waals surface area (Å²) in [5.74, 6) is -0.641. The van der Waals surface area contributed by atoms with Crippen LogP contribution in [-0.2, 0) is 6.61 Å². The lowest BCUT2D eigenvalue weighted by atomic mass is 10.2. The minimum Gasteiger partial charge on any atom is -0.484 e. The molecule has 96 valence electrons. The van der Waals surface area contributed by atoms with Crippen LogP contribution in [0.15, 0.2) is 34.9 Å². The Bertz CT molecular complexity index is 657. The van der Waals surface area contributed by atoms with Gasteiger partial charge in [0.25, 0.3) is 0 Å². The maximum Gasteiger partial charge on any atom is 0.339 e. The van der Waals surface area contributed by atoms with Gasteiger partial charge in [-0.1, -0.05) is 17.7 Å². The molecule has 0 atom stereocenters. The number of carboxylic acid groups (broad SMARTS) is 1. The molecule has 0 amide bonds. The van der Waals surface area contributed by atoms with Crippen LogP contribution in [0.2, 0.25) is 5.02 Å². The zero-order valence-corrected chi connectivity index (χ0v) is 10.3. The molecule has 2 aromatic rings. The van der Waals surface area contributed by atoms with E-state index in [9.17, 15) is 4.79 Å². The van der Waals surface area contributed by atoms with Crippen molar-refractivity contribution >= 4 is 17.6 Å². The quantitative estimate of drug-likeness (QED) is 0.928. The lowest BCUT2D eigenvalue weighted by molar-refractivity contribution is 0.0692. The van der Waals surface area contributed by atoms with Crippen molar-refractivity contribution in [2.24, 2.45) is 0 Å². The highest BCUT2D eigenvalue weighted by molar-refractivity contribution is 6.31. The number of benzene rings is 1. The van der Waals surface area contributed by atoms with Gasteiger partial charge in [-0.05, 0) is 18.2 Å². The van der Waals surface area contributed by atoms with E-state index in [4.69, 9.17) is 31.1 Å². The van der Waals surface area contributed by atoms with Crippen molar-refractivity contribution in [2.45, 2.75) is 6.61 Å². The highest BCUT2D eigenvalue weighted by Gasteiger charge is 2.15. The summed E-state index contributed by atoms with van der Waals surface area (Å²) < 4.78 is 10.4. The second-order valence-corrected chi connectivity index (χ2v) is 3.98. The van der Waals surface area contributed by atoms with Gasteiger partial charge in [0.05, 0.1) is 11.3 Å². The molecule has 1 heterocycles. The molecular formula is C13H8ClNO4. The topological polar surface area (TPSA) is 83.5 Å². The molecule has 0 spiro atoms. The van der Waals surface area contributed by atoms with E-state index >= 15 is 0 Å². The molecule has 0 bridgehead atoms. The number of ether oxygens (including phenoxy) is 1. The third-order valence-electron chi connectivity index (χ3n) is 2.42. The zero-order chi connectivity index (χ0) is 13.8. The second kappa shape index (κ2) is 5.46. The Kier molecular flexibility index (Phi) is 3.74. The largest absolute Gasteiger partial charge is 0.484 e. The van der Waals surface area contributed by atoms with E-state index in [2.05, 4.69) is 0 Å². The molecular weight excluding hydrogens is 270 g/mol. The van der Waals surface area contributed by atoms with E-state index in [-0.39, 0.29) is 34.3 Å². The fourth-order valence-corrected chi connectivity index (χ4v) is 1.73. The molecule has 0 aliphatic rings. The lowest BCUT2D eigenvalue weighted by Crippen LogP contribution is -2.03. The molecule has 0 radical (unpaired) electrons.